The molecule has 3 N–H and O–H groups in total. The number of nitrogens with zero attached hydrogens (tertiary/aromatic N) is 1. The molecule has 0 saturated carbocycles. The summed E-state index contributed by atoms with van der Waals surface area (Å²) >= 11 is 10.9. The summed E-state index contributed by atoms with van der Waals surface area (Å²) in [6.07, 6.45) is -3.03. The second kappa shape index (κ2) is 8.83. The number of carbonyl (C=O) groups excluding carboxylic acids is 1. The highest BCUT2D eigenvalue weighted by Gasteiger charge is 2.31. The Kier molecular flexibility index (Phi) is 6.75. The normalized spacial score (nSPS) is 11.3. The molecule has 0 unspecified atom stereocenters. The third-order valence-electron chi connectivity index (χ3n) is 3.15. The molecule has 0 spiro atoms. The maximum atomic E-state index is 12.8. The van der Waals surface area contributed by atoms with E-state index in [-0.39, 0.29) is 21.7 Å². The van der Waals surface area contributed by atoms with Crippen LogP contribution < -0.4 is 16.1 Å². The van der Waals surface area contributed by atoms with E-state index in [0.717, 1.165) is 23.8 Å². The van der Waals surface area contributed by atoms with Gasteiger partial charge < -0.3 is 10.6 Å². The fourth-order valence-corrected chi connectivity index (χ4v) is 2.30. The number of anilines is 2. The van der Waals surface area contributed by atoms with Crippen molar-refractivity contribution in [2.45, 2.75) is 13.1 Å². The summed E-state index contributed by atoms with van der Waals surface area (Å²) in [5.41, 5.74) is 3.02. The van der Waals surface area contributed by atoms with E-state index in [1.54, 1.807) is 24.3 Å². The molecule has 0 aliphatic rings. The van der Waals surface area contributed by atoms with E-state index in [4.69, 9.17) is 23.8 Å². The molecule has 0 aliphatic heterocycles. The van der Waals surface area contributed by atoms with E-state index in [9.17, 15) is 18.0 Å². The van der Waals surface area contributed by atoms with Gasteiger partial charge in [-0.1, -0.05) is 23.7 Å². The number of alkyl halides is 3. The predicted molar refractivity (Wildman–Crippen MR) is 104 cm³/mol. The summed E-state index contributed by atoms with van der Waals surface area (Å²) in [5.74, 6) is -0.178. The summed E-state index contributed by atoms with van der Waals surface area (Å²) in [4.78, 5) is 11.0. The zero-order valence-corrected chi connectivity index (χ0v) is 15.5. The number of hydrazone groups is 1. The Morgan fingerprint density at radius 2 is 1.81 bits per heavy atom. The molecule has 0 radical (unpaired) electrons. The summed E-state index contributed by atoms with van der Waals surface area (Å²) < 4.78 is 38.3. The standard InChI is InChI=1S/C17H14ClF3N4OS/c1-10(26)23-13-5-2-11(3-6-13)9-22-25-16(27)24-15-8-12(17(19,20)21)4-7-14(15)18/h2-9H,1H3,(H,23,26)(H2,24,25,27)/b22-9-. The Labute approximate surface area is 163 Å². The third-order valence-corrected chi connectivity index (χ3v) is 3.68. The molecule has 10 heteroatoms. The molecule has 1 amide bonds. The van der Waals surface area contributed by atoms with Crippen LogP contribution in [0.5, 0.6) is 0 Å². The number of hydrogen-bond acceptors (Lipinski definition) is 3. The second-order valence-corrected chi connectivity index (χ2v) is 6.14. The summed E-state index contributed by atoms with van der Waals surface area (Å²) in [7, 11) is 0. The Bertz CT molecular complexity index is 869. The van der Waals surface area contributed by atoms with Gasteiger partial charge in [0.2, 0.25) is 5.91 Å². The van der Waals surface area contributed by atoms with E-state index in [1.165, 1.54) is 13.1 Å². The largest absolute Gasteiger partial charge is 0.416 e. The number of hydrogen-bond donors (Lipinski definition) is 3. The molecule has 0 bridgehead atoms. The van der Waals surface area contributed by atoms with Gasteiger partial charge in [0.1, 0.15) is 0 Å². The van der Waals surface area contributed by atoms with E-state index in [1.807, 2.05) is 0 Å². The number of nitrogens with one attached hydrogen (secondary N) is 3. The minimum absolute atomic E-state index is 0.0128. The Balaban J connectivity index is 1.96. The molecular weight excluding hydrogens is 401 g/mol. The van der Waals surface area contributed by atoms with Crippen LogP contribution in [0.25, 0.3) is 0 Å². The number of carbonyl (C=O) groups is 1. The first-order valence-corrected chi connectivity index (χ1v) is 8.28. The van der Waals surface area contributed by atoms with E-state index in [0.29, 0.717) is 5.69 Å². The third kappa shape index (κ3) is 6.54. The van der Waals surface area contributed by atoms with Crippen LogP contribution in [0.2, 0.25) is 5.02 Å². The van der Waals surface area contributed by atoms with Crippen LogP contribution in [0.1, 0.15) is 18.1 Å². The van der Waals surface area contributed by atoms with Crippen molar-refractivity contribution in [1.29, 1.82) is 0 Å². The number of halogens is 4. The van der Waals surface area contributed by atoms with Crippen LogP contribution >= 0.6 is 23.8 Å². The van der Waals surface area contributed by atoms with Gasteiger partial charge in [0.05, 0.1) is 22.5 Å². The Hall–Kier alpha value is -2.65. The lowest BCUT2D eigenvalue weighted by molar-refractivity contribution is -0.137. The van der Waals surface area contributed by atoms with Crippen molar-refractivity contribution in [2.24, 2.45) is 5.10 Å². The van der Waals surface area contributed by atoms with Crippen LogP contribution in [0.3, 0.4) is 0 Å². The lowest BCUT2D eigenvalue weighted by atomic mass is 10.2. The summed E-state index contributed by atoms with van der Waals surface area (Å²) in [6.45, 7) is 1.41. The molecule has 0 aliphatic carbocycles. The van der Waals surface area contributed by atoms with Crippen LogP contribution in [-0.4, -0.2) is 17.2 Å². The first kappa shape index (κ1) is 20.7. The zero-order valence-electron chi connectivity index (χ0n) is 13.9. The molecule has 2 aromatic rings. The minimum Gasteiger partial charge on any atom is -0.330 e. The van der Waals surface area contributed by atoms with Gasteiger partial charge in [0, 0.05) is 12.6 Å². The van der Waals surface area contributed by atoms with Gasteiger partial charge >= 0.3 is 6.18 Å². The van der Waals surface area contributed by atoms with E-state index >= 15 is 0 Å². The molecule has 27 heavy (non-hydrogen) atoms. The summed E-state index contributed by atoms with van der Waals surface area (Å²) in [6, 6.07) is 9.71. The smallest absolute Gasteiger partial charge is 0.330 e. The molecule has 0 heterocycles. The van der Waals surface area contributed by atoms with Crippen molar-refractivity contribution in [3.63, 3.8) is 0 Å². The maximum absolute atomic E-state index is 12.8. The highest BCUT2D eigenvalue weighted by molar-refractivity contribution is 7.80. The zero-order chi connectivity index (χ0) is 20.0. The number of amides is 1. The van der Waals surface area contributed by atoms with Crippen molar-refractivity contribution >= 4 is 52.4 Å². The van der Waals surface area contributed by atoms with Crippen molar-refractivity contribution in [1.82, 2.24) is 5.43 Å². The fourth-order valence-electron chi connectivity index (χ4n) is 1.97. The van der Waals surface area contributed by atoms with Gasteiger partial charge in [0.15, 0.2) is 5.11 Å². The van der Waals surface area contributed by atoms with Crippen molar-refractivity contribution < 1.29 is 18.0 Å². The Morgan fingerprint density at radius 3 is 2.41 bits per heavy atom. The molecule has 0 fully saturated rings. The highest BCUT2D eigenvalue weighted by Crippen LogP contribution is 2.33. The molecular formula is C17H14ClF3N4OS. The molecule has 2 aromatic carbocycles. The molecule has 142 valence electrons. The molecule has 2 rings (SSSR count). The van der Waals surface area contributed by atoms with E-state index in [2.05, 4.69) is 21.2 Å². The van der Waals surface area contributed by atoms with Gasteiger partial charge in [-0.05, 0) is 48.1 Å². The maximum Gasteiger partial charge on any atom is 0.416 e. The van der Waals surface area contributed by atoms with Crippen LogP contribution in [0.4, 0.5) is 24.5 Å². The average Bonchev–Trinajstić information content (AvgIpc) is 2.57. The molecule has 5 nitrogen and oxygen atoms in total. The number of thiocarbonyl (C=S) groups is 1. The van der Waals surface area contributed by atoms with Gasteiger partial charge in [0.25, 0.3) is 0 Å². The lowest BCUT2D eigenvalue weighted by Crippen LogP contribution is -2.24. The van der Waals surface area contributed by atoms with Crippen molar-refractivity contribution in [2.75, 3.05) is 10.6 Å². The fraction of sp³-hybridized carbons (Fsp3) is 0.118. The Morgan fingerprint density at radius 1 is 1.15 bits per heavy atom. The lowest BCUT2D eigenvalue weighted by Gasteiger charge is -2.12. The van der Waals surface area contributed by atoms with Crippen molar-refractivity contribution in [3.8, 4) is 0 Å². The molecule has 0 aromatic heterocycles. The SMILES string of the molecule is CC(=O)Nc1ccc(/C=N\NC(=S)Nc2cc(C(F)(F)F)ccc2Cl)cc1. The molecule has 0 saturated heterocycles. The monoisotopic (exact) mass is 414 g/mol. The van der Waals surface area contributed by atoms with Gasteiger partial charge in [-0.25, -0.2) is 0 Å². The average molecular weight is 415 g/mol. The number of benzene rings is 2. The second-order valence-electron chi connectivity index (χ2n) is 5.32. The van der Waals surface area contributed by atoms with Crippen LogP contribution in [0, 0.1) is 0 Å². The van der Waals surface area contributed by atoms with Crippen LogP contribution in [-0.2, 0) is 11.0 Å². The van der Waals surface area contributed by atoms with Gasteiger partial charge in [-0.3, -0.25) is 10.2 Å². The first-order chi connectivity index (χ1) is 12.6. The van der Waals surface area contributed by atoms with Gasteiger partial charge in [-0.2, -0.15) is 18.3 Å². The highest BCUT2D eigenvalue weighted by atomic mass is 35.5. The quantitative estimate of drug-likeness (QED) is 0.387. The number of rotatable bonds is 4. The minimum atomic E-state index is -4.49. The van der Waals surface area contributed by atoms with Crippen molar-refractivity contribution in [3.05, 3.63) is 58.6 Å². The van der Waals surface area contributed by atoms with E-state index < -0.39 is 11.7 Å². The first-order valence-electron chi connectivity index (χ1n) is 7.49. The predicted octanol–water partition coefficient (Wildman–Crippen LogP) is 4.64. The topological polar surface area (TPSA) is 65.5 Å². The molecule has 0 atom stereocenters. The van der Waals surface area contributed by atoms with Crippen LogP contribution in [0.15, 0.2) is 47.6 Å². The van der Waals surface area contributed by atoms with Gasteiger partial charge in [-0.15, -0.1) is 0 Å². The summed E-state index contributed by atoms with van der Waals surface area (Å²) in [5, 5.41) is 9.16.